The van der Waals surface area contributed by atoms with Crippen LogP contribution in [-0.2, 0) is 46.3 Å². The lowest BCUT2D eigenvalue weighted by atomic mass is 9.62. The summed E-state index contributed by atoms with van der Waals surface area (Å²) in [4.78, 5) is 110. The van der Waals surface area contributed by atoms with Crippen molar-refractivity contribution in [2.45, 2.75) is 142 Å². The maximum Gasteiger partial charge on any atom is 0.408 e. The number of Topliss-reactive ketones (excluding diaryl/α,β-unsaturated/α-hetero) is 4. The van der Waals surface area contributed by atoms with E-state index in [4.69, 9.17) is 29.4 Å². The van der Waals surface area contributed by atoms with Crippen LogP contribution in [0.2, 0.25) is 0 Å². The van der Waals surface area contributed by atoms with Gasteiger partial charge < -0.3 is 14.8 Å². The minimum Gasteiger partial charge on any atom is -0.467 e. The van der Waals surface area contributed by atoms with Gasteiger partial charge in [-0.15, -0.1) is 0 Å². The average molecular weight is 916 g/mol. The summed E-state index contributed by atoms with van der Waals surface area (Å²) in [6, 6.07) is 18.6. The highest BCUT2D eigenvalue weighted by Crippen LogP contribution is 2.52. The second-order valence-electron chi connectivity index (χ2n) is 21.4. The minimum absolute atomic E-state index is 0.0774. The Balaban J connectivity index is 1.41. The molecule has 4 aliphatic rings. The molecule has 0 aromatic heterocycles. The fraction of sp³-hybridized carbons (Fsp3) is 0.556. The van der Waals surface area contributed by atoms with Gasteiger partial charge in [0.2, 0.25) is 0 Å². The number of hydrogen-bond donors (Lipinski definition) is 1. The lowest BCUT2D eigenvalue weighted by molar-refractivity contribution is -0.153. The molecule has 358 valence electrons. The highest BCUT2D eigenvalue weighted by molar-refractivity contribution is 6.23. The van der Waals surface area contributed by atoms with Crippen molar-refractivity contribution in [2.24, 2.45) is 61.4 Å². The van der Waals surface area contributed by atoms with Crippen LogP contribution in [0.3, 0.4) is 0 Å². The first kappa shape index (κ1) is 50.7. The van der Waals surface area contributed by atoms with Crippen molar-refractivity contribution in [2.75, 3.05) is 7.11 Å². The number of hydrogen-bond acceptors (Lipinski definition) is 12. The van der Waals surface area contributed by atoms with E-state index in [-0.39, 0.29) is 42.7 Å². The summed E-state index contributed by atoms with van der Waals surface area (Å²) in [5.74, 6) is -8.28. The average Bonchev–Trinajstić information content (AvgIpc) is 3.97. The van der Waals surface area contributed by atoms with E-state index < -0.39 is 86.5 Å². The van der Waals surface area contributed by atoms with Gasteiger partial charge in [-0.25, -0.2) is 9.59 Å². The predicted octanol–water partition coefficient (Wildman–Crippen LogP) is 8.05. The van der Waals surface area contributed by atoms with Crippen molar-refractivity contribution in [3.05, 3.63) is 83.4 Å². The lowest BCUT2D eigenvalue weighted by Gasteiger charge is -2.40. The molecule has 6 rings (SSSR count). The number of esters is 1. The van der Waals surface area contributed by atoms with E-state index in [1.165, 1.54) is 25.8 Å². The molecule has 0 saturated carbocycles. The molecule has 0 saturated heterocycles. The van der Waals surface area contributed by atoms with Crippen LogP contribution in [0, 0.1) is 41.4 Å². The molecule has 13 heteroatoms. The Morgan fingerprint density at radius 1 is 0.687 bits per heavy atom. The second-order valence-corrected chi connectivity index (χ2v) is 21.4. The minimum atomic E-state index is -2.05. The molecule has 0 spiro atoms. The van der Waals surface area contributed by atoms with Crippen LogP contribution in [0.4, 0.5) is 4.79 Å². The normalized spacial score (nSPS) is 30.0. The number of benzene rings is 2. The van der Waals surface area contributed by atoms with Gasteiger partial charge >= 0.3 is 12.1 Å². The number of ketones is 4. The van der Waals surface area contributed by atoms with Crippen LogP contribution >= 0.6 is 0 Å². The highest BCUT2D eigenvalue weighted by Gasteiger charge is 2.69. The third kappa shape index (κ3) is 9.31. The molecule has 4 heterocycles. The molecule has 0 aliphatic carbocycles. The zero-order valence-electron chi connectivity index (χ0n) is 41.3. The second kappa shape index (κ2) is 19.1. The fourth-order valence-corrected chi connectivity index (χ4v) is 10.8. The summed E-state index contributed by atoms with van der Waals surface area (Å²) in [6.45, 7) is 20.4. The van der Waals surface area contributed by atoms with Crippen molar-refractivity contribution in [1.82, 2.24) is 5.32 Å². The largest absolute Gasteiger partial charge is 0.467 e. The molecule has 4 aliphatic heterocycles. The molecule has 2 aromatic carbocycles. The number of ether oxygens (including phenoxy) is 2. The van der Waals surface area contributed by atoms with Gasteiger partial charge in [-0.2, -0.15) is 0 Å². The van der Waals surface area contributed by atoms with E-state index >= 15 is 19.2 Å². The topological polar surface area (TPSA) is 182 Å². The third-order valence-electron chi connectivity index (χ3n) is 13.8. The smallest absolute Gasteiger partial charge is 0.408 e. The summed E-state index contributed by atoms with van der Waals surface area (Å²) in [6.07, 6.45) is 7.89. The van der Waals surface area contributed by atoms with Crippen molar-refractivity contribution >= 4 is 60.1 Å². The standard InChI is InChI=1S/C54H69N5O8/c1-33(2)23-24-50(27-37-19-15-13-16-20-37)43(60)39(29-55-50)51(25-34(3)4)44(61)40(30-56-51)52(26-35(5)6)45(62)42(32-57-52)54(36(7)8)46(63)41(31-58-54)53(47(64)66-12,28-38-21-17-14-18-22-38)59-48(65)67-49(9,10)11/h13-23,29-32,34-36,39-42H,24-28H2,1-12H3,(H,59,65)/t39?,40?,41?,42?,50-,51+,52+,53+,54+/m1/s1. The number of aliphatic imine (C=N–C) groups is 4. The summed E-state index contributed by atoms with van der Waals surface area (Å²) in [5, 5.41) is 2.75. The number of carbonyl (C=O) groups is 6. The predicted molar refractivity (Wildman–Crippen MR) is 261 cm³/mol. The van der Waals surface area contributed by atoms with Gasteiger partial charge in [0, 0.05) is 37.7 Å². The van der Waals surface area contributed by atoms with Gasteiger partial charge in [0.1, 0.15) is 27.8 Å². The lowest BCUT2D eigenvalue weighted by Crippen LogP contribution is -2.66. The van der Waals surface area contributed by atoms with E-state index in [9.17, 15) is 9.59 Å². The Morgan fingerprint density at radius 3 is 1.70 bits per heavy atom. The first-order valence-electron chi connectivity index (χ1n) is 23.6. The first-order chi connectivity index (χ1) is 31.4. The zero-order chi connectivity index (χ0) is 49.3. The van der Waals surface area contributed by atoms with Crippen molar-refractivity contribution in [3.8, 4) is 0 Å². The molecular weight excluding hydrogens is 847 g/mol. The van der Waals surface area contributed by atoms with Gasteiger partial charge in [0.15, 0.2) is 28.7 Å². The van der Waals surface area contributed by atoms with Crippen LogP contribution in [0.5, 0.6) is 0 Å². The Bertz CT molecular complexity index is 2390. The maximum atomic E-state index is 15.7. The third-order valence-corrected chi connectivity index (χ3v) is 13.8. The van der Waals surface area contributed by atoms with Crippen LogP contribution in [0.1, 0.15) is 107 Å². The van der Waals surface area contributed by atoms with Gasteiger partial charge in [0.05, 0.1) is 30.8 Å². The molecule has 4 unspecified atom stereocenters. The van der Waals surface area contributed by atoms with E-state index in [1.807, 2.05) is 84.0 Å². The van der Waals surface area contributed by atoms with E-state index in [0.29, 0.717) is 18.4 Å². The molecule has 67 heavy (non-hydrogen) atoms. The van der Waals surface area contributed by atoms with Gasteiger partial charge in [-0.05, 0) is 82.8 Å². The number of carbonyl (C=O) groups excluding carboxylic acids is 6. The molecule has 0 fully saturated rings. The number of nitrogens with zero attached hydrogens (tertiary/aromatic N) is 4. The maximum absolute atomic E-state index is 15.7. The number of alkyl carbamates (subject to hydrolysis) is 1. The molecule has 0 radical (unpaired) electrons. The number of amides is 1. The Kier molecular flexibility index (Phi) is 14.5. The molecule has 0 bridgehead atoms. The Morgan fingerprint density at radius 2 is 1.19 bits per heavy atom. The van der Waals surface area contributed by atoms with E-state index in [0.717, 1.165) is 11.1 Å². The SMILES string of the molecule is COC(=O)[C@@](Cc1ccccc1)(NC(=O)OC(C)(C)C)C1C=N[C@@](C(C)C)(C2C=N[C@@](CC(C)C)(C3C=N[C@@](CC(C)C)(C4C=N[C@](CC=C(C)C)(Cc5ccccc5)C4=O)C3=O)C2=O)C1=O. The zero-order valence-corrected chi connectivity index (χ0v) is 41.3. The van der Waals surface area contributed by atoms with Crippen molar-refractivity contribution in [1.29, 1.82) is 0 Å². The number of rotatable bonds is 17. The molecular formula is C54H69N5O8. The van der Waals surface area contributed by atoms with Crippen molar-refractivity contribution in [3.63, 3.8) is 0 Å². The Hall–Kier alpha value is -5.72. The molecule has 13 nitrogen and oxygen atoms in total. The molecule has 1 N–H and O–H groups in total. The monoisotopic (exact) mass is 916 g/mol. The fourth-order valence-electron chi connectivity index (χ4n) is 10.8. The van der Waals surface area contributed by atoms with Gasteiger partial charge in [-0.1, -0.05) is 114 Å². The summed E-state index contributed by atoms with van der Waals surface area (Å²) in [5.41, 5.74) is -6.64. The highest BCUT2D eigenvalue weighted by atomic mass is 16.6. The Labute approximate surface area is 395 Å². The van der Waals surface area contributed by atoms with Crippen LogP contribution in [-0.4, -0.2) is 100 Å². The van der Waals surface area contributed by atoms with E-state index in [2.05, 4.69) is 5.32 Å². The number of methoxy groups -OCH3 is 1. The number of nitrogens with one attached hydrogen (secondary N) is 1. The number of allylic oxidation sites excluding steroid dienone is 1. The van der Waals surface area contributed by atoms with Gasteiger partial charge in [0.25, 0.3) is 0 Å². The van der Waals surface area contributed by atoms with E-state index in [1.54, 1.807) is 65.1 Å². The van der Waals surface area contributed by atoms with Crippen LogP contribution in [0.15, 0.2) is 92.3 Å². The summed E-state index contributed by atoms with van der Waals surface area (Å²) >= 11 is 0. The first-order valence-corrected chi connectivity index (χ1v) is 23.6. The molecule has 1 amide bonds. The quantitative estimate of drug-likeness (QED) is 0.122. The molecule has 2 aromatic rings. The summed E-state index contributed by atoms with van der Waals surface area (Å²) < 4.78 is 11.0. The van der Waals surface area contributed by atoms with Crippen LogP contribution in [0.25, 0.3) is 0 Å². The van der Waals surface area contributed by atoms with Gasteiger partial charge in [-0.3, -0.25) is 39.1 Å². The summed E-state index contributed by atoms with van der Waals surface area (Å²) in [7, 11) is 1.18. The molecule has 9 atom stereocenters. The van der Waals surface area contributed by atoms with Crippen LogP contribution < -0.4 is 5.32 Å². The van der Waals surface area contributed by atoms with Crippen molar-refractivity contribution < 1.29 is 38.2 Å².